The molecule has 0 saturated heterocycles. The smallest absolute Gasteiger partial charge is 0.317 e. The Hall–Kier alpha value is -3.09. The number of pyridine rings is 1. The number of rotatable bonds is 4. The van der Waals surface area contributed by atoms with Crippen LogP contribution in [0.15, 0.2) is 41.4 Å². The summed E-state index contributed by atoms with van der Waals surface area (Å²) in [4.78, 5) is 15.8. The summed E-state index contributed by atoms with van der Waals surface area (Å²) in [7, 11) is 1.53. The van der Waals surface area contributed by atoms with Gasteiger partial charge in [-0.05, 0) is 30.3 Å². The standard InChI is InChI=1S/C21H19F6N5OS/c1-19(2,3)34-15-9-11(5-6-13(15)29-18(33)21(25,26)27)16-30-31-17(32(16)4)14-10-12(7-8-28-14)20(22,23)24/h5-10H,1-4H3,(H,29,33). The van der Waals surface area contributed by atoms with E-state index in [1.54, 1.807) is 0 Å². The molecule has 3 rings (SSSR count). The Labute approximate surface area is 194 Å². The molecule has 0 saturated carbocycles. The molecule has 0 fully saturated rings. The number of thioether (sulfide) groups is 1. The van der Waals surface area contributed by atoms with E-state index in [1.807, 2.05) is 26.1 Å². The normalized spacial score (nSPS) is 12.6. The molecule has 1 amide bonds. The zero-order chi connectivity index (χ0) is 25.5. The van der Waals surface area contributed by atoms with Gasteiger partial charge >= 0.3 is 18.3 Å². The lowest BCUT2D eigenvalue weighted by Crippen LogP contribution is -2.30. The minimum absolute atomic E-state index is 0.0343. The number of nitrogens with one attached hydrogen (secondary N) is 1. The number of aromatic nitrogens is 4. The maximum absolute atomic E-state index is 13.1. The third kappa shape index (κ3) is 5.88. The number of carbonyl (C=O) groups excluding carboxylic acids is 1. The molecule has 0 aliphatic carbocycles. The third-order valence-corrected chi connectivity index (χ3v) is 5.52. The van der Waals surface area contributed by atoms with Crippen LogP contribution in [-0.2, 0) is 18.0 Å². The molecule has 0 unspecified atom stereocenters. The molecular formula is C21H19F6N5OS. The van der Waals surface area contributed by atoms with Crippen molar-refractivity contribution >= 4 is 23.4 Å². The van der Waals surface area contributed by atoms with E-state index in [9.17, 15) is 31.1 Å². The van der Waals surface area contributed by atoms with Crippen LogP contribution in [0.5, 0.6) is 0 Å². The molecule has 0 bridgehead atoms. The first kappa shape index (κ1) is 25.5. The number of anilines is 1. The van der Waals surface area contributed by atoms with Crippen LogP contribution in [0.2, 0.25) is 0 Å². The van der Waals surface area contributed by atoms with Gasteiger partial charge in [-0.1, -0.05) is 20.8 Å². The van der Waals surface area contributed by atoms with Crippen molar-refractivity contribution < 1.29 is 31.1 Å². The topological polar surface area (TPSA) is 72.7 Å². The molecule has 0 radical (unpaired) electrons. The summed E-state index contributed by atoms with van der Waals surface area (Å²) >= 11 is 1.23. The zero-order valence-corrected chi connectivity index (χ0v) is 19.2. The summed E-state index contributed by atoms with van der Waals surface area (Å²) < 4.78 is 78.5. The number of benzene rings is 1. The van der Waals surface area contributed by atoms with Crippen molar-refractivity contribution in [3.63, 3.8) is 0 Å². The zero-order valence-electron chi connectivity index (χ0n) is 18.3. The molecule has 34 heavy (non-hydrogen) atoms. The quantitative estimate of drug-likeness (QED) is 0.352. The van der Waals surface area contributed by atoms with Crippen molar-refractivity contribution in [1.82, 2.24) is 19.7 Å². The largest absolute Gasteiger partial charge is 0.471 e. The van der Waals surface area contributed by atoms with Crippen molar-refractivity contribution in [3.8, 4) is 22.9 Å². The van der Waals surface area contributed by atoms with Crippen molar-refractivity contribution in [2.75, 3.05) is 5.32 Å². The van der Waals surface area contributed by atoms with Gasteiger partial charge in [-0.3, -0.25) is 9.78 Å². The first-order valence-corrected chi connectivity index (χ1v) is 10.5. The molecule has 2 aromatic heterocycles. The van der Waals surface area contributed by atoms with Gasteiger partial charge in [-0.25, -0.2) is 0 Å². The predicted octanol–water partition coefficient (Wildman–Crippen LogP) is 5.95. The molecule has 13 heteroatoms. The van der Waals surface area contributed by atoms with Crippen molar-refractivity contribution in [3.05, 3.63) is 42.1 Å². The van der Waals surface area contributed by atoms with Gasteiger partial charge in [0.25, 0.3) is 0 Å². The summed E-state index contributed by atoms with van der Waals surface area (Å²) in [6, 6.07) is 5.97. The van der Waals surface area contributed by atoms with Gasteiger partial charge in [0.2, 0.25) is 0 Å². The molecule has 0 atom stereocenters. The van der Waals surface area contributed by atoms with Crippen molar-refractivity contribution in [1.29, 1.82) is 0 Å². The summed E-state index contributed by atoms with van der Waals surface area (Å²) in [5.41, 5.74) is -0.539. The number of alkyl halides is 6. The van der Waals surface area contributed by atoms with Crippen LogP contribution in [0.4, 0.5) is 32.0 Å². The van der Waals surface area contributed by atoms with Gasteiger partial charge in [-0.15, -0.1) is 22.0 Å². The van der Waals surface area contributed by atoms with Crippen LogP contribution in [0.3, 0.4) is 0 Å². The highest BCUT2D eigenvalue weighted by Crippen LogP contribution is 2.40. The second-order valence-corrected chi connectivity index (χ2v) is 10.1. The van der Waals surface area contributed by atoms with E-state index in [1.165, 1.54) is 41.6 Å². The summed E-state index contributed by atoms with van der Waals surface area (Å²) in [6.07, 6.45) is -8.60. The molecule has 6 nitrogen and oxygen atoms in total. The summed E-state index contributed by atoms with van der Waals surface area (Å²) in [5.74, 6) is -1.79. The Kier molecular flexibility index (Phi) is 6.71. The van der Waals surface area contributed by atoms with Gasteiger partial charge in [0.15, 0.2) is 11.6 Å². The number of halogens is 6. The second kappa shape index (κ2) is 8.93. The predicted molar refractivity (Wildman–Crippen MR) is 115 cm³/mol. The van der Waals surface area contributed by atoms with Crippen molar-refractivity contribution in [2.24, 2.45) is 7.05 Å². The Bertz CT molecular complexity index is 1210. The number of hydrogen-bond acceptors (Lipinski definition) is 5. The van der Waals surface area contributed by atoms with Gasteiger partial charge in [0.1, 0.15) is 5.69 Å². The van der Waals surface area contributed by atoms with Crippen LogP contribution in [-0.4, -0.2) is 36.6 Å². The fourth-order valence-corrected chi connectivity index (χ4v) is 3.98. The van der Waals surface area contributed by atoms with Crippen molar-refractivity contribution in [2.45, 2.75) is 42.8 Å². The monoisotopic (exact) mass is 503 g/mol. The molecule has 182 valence electrons. The SMILES string of the molecule is Cn1c(-c2ccc(NC(=O)C(F)(F)F)c(SC(C)(C)C)c2)nnc1-c1cc(C(F)(F)F)ccn1. The molecular weight excluding hydrogens is 484 g/mol. The minimum atomic E-state index is -5.06. The van der Waals surface area contributed by atoms with Crippen LogP contribution in [0.25, 0.3) is 22.9 Å². The molecule has 2 heterocycles. The Balaban J connectivity index is 2.03. The van der Waals surface area contributed by atoms with Gasteiger partial charge < -0.3 is 9.88 Å². The lowest BCUT2D eigenvalue weighted by atomic mass is 10.2. The fraction of sp³-hybridized carbons (Fsp3) is 0.333. The van der Waals surface area contributed by atoms with Gasteiger partial charge in [0.05, 0.1) is 11.3 Å². The van der Waals surface area contributed by atoms with E-state index >= 15 is 0 Å². The molecule has 1 aromatic carbocycles. The average Bonchev–Trinajstić information content (AvgIpc) is 3.08. The molecule has 3 aromatic rings. The second-order valence-electron chi connectivity index (χ2n) is 8.21. The van der Waals surface area contributed by atoms with Gasteiger partial charge in [0, 0.05) is 28.5 Å². The van der Waals surface area contributed by atoms with E-state index in [4.69, 9.17) is 0 Å². The van der Waals surface area contributed by atoms with Crippen LogP contribution < -0.4 is 5.32 Å². The molecule has 0 aliphatic rings. The first-order valence-electron chi connectivity index (χ1n) is 9.71. The van der Waals surface area contributed by atoms with Gasteiger partial charge in [-0.2, -0.15) is 26.3 Å². The van der Waals surface area contributed by atoms with E-state index in [0.717, 1.165) is 18.3 Å². The fourth-order valence-electron chi connectivity index (χ4n) is 2.90. The third-order valence-electron chi connectivity index (χ3n) is 4.35. The highest BCUT2D eigenvalue weighted by molar-refractivity contribution is 8.00. The molecule has 0 aliphatic heterocycles. The maximum atomic E-state index is 13.1. The number of hydrogen-bond donors (Lipinski definition) is 1. The highest BCUT2D eigenvalue weighted by Gasteiger charge is 2.39. The molecule has 1 N–H and O–H groups in total. The van der Waals surface area contributed by atoms with E-state index in [-0.39, 0.29) is 23.0 Å². The lowest BCUT2D eigenvalue weighted by molar-refractivity contribution is -0.167. The Morgan fingerprint density at radius 3 is 2.21 bits per heavy atom. The van der Waals surface area contributed by atoms with Crippen LogP contribution in [0.1, 0.15) is 26.3 Å². The van der Waals surface area contributed by atoms with Crippen LogP contribution in [0, 0.1) is 0 Å². The minimum Gasteiger partial charge on any atom is -0.317 e. The number of nitrogens with zero attached hydrogens (tertiary/aromatic N) is 4. The summed E-state index contributed by atoms with van der Waals surface area (Å²) in [5, 5.41) is 9.86. The van der Waals surface area contributed by atoms with E-state index < -0.39 is 28.6 Å². The average molecular weight is 503 g/mol. The number of amides is 1. The Morgan fingerprint density at radius 2 is 1.62 bits per heavy atom. The van der Waals surface area contributed by atoms with E-state index in [0.29, 0.717) is 10.5 Å². The summed E-state index contributed by atoms with van der Waals surface area (Å²) in [6.45, 7) is 5.54. The number of carbonyl (C=O) groups is 1. The first-order chi connectivity index (χ1) is 15.6. The van der Waals surface area contributed by atoms with Crippen LogP contribution >= 0.6 is 11.8 Å². The molecule has 0 spiro atoms. The lowest BCUT2D eigenvalue weighted by Gasteiger charge is -2.21. The Morgan fingerprint density at radius 1 is 0.971 bits per heavy atom. The highest BCUT2D eigenvalue weighted by atomic mass is 32.2. The maximum Gasteiger partial charge on any atom is 0.471 e. The van der Waals surface area contributed by atoms with E-state index in [2.05, 4.69) is 15.2 Å².